The molecule has 3 aromatic rings. The minimum atomic E-state index is 0.472. The number of nitrogens with zero attached hydrogens (tertiary/aromatic N) is 3. The minimum Gasteiger partial charge on any atom is -0.362 e. The van der Waals surface area contributed by atoms with Crippen molar-refractivity contribution in [3.8, 4) is 0 Å². The largest absolute Gasteiger partial charge is 0.362 e. The number of hydrogen-bond acceptors (Lipinski definition) is 5. The van der Waals surface area contributed by atoms with E-state index in [4.69, 9.17) is 9.97 Å². The first-order chi connectivity index (χ1) is 17.7. The normalized spacial score (nSPS) is 17.8. The van der Waals surface area contributed by atoms with Gasteiger partial charge < -0.3 is 15.5 Å². The van der Waals surface area contributed by atoms with Gasteiger partial charge in [0.25, 0.3) is 0 Å². The van der Waals surface area contributed by atoms with Crippen LogP contribution >= 0.6 is 0 Å². The lowest BCUT2D eigenvalue weighted by molar-refractivity contribution is 0.323. The van der Waals surface area contributed by atoms with Crippen LogP contribution in [-0.2, 0) is 6.42 Å². The average molecular weight is 488 g/mol. The Labute approximate surface area is 218 Å². The molecule has 194 valence electrons. The summed E-state index contributed by atoms with van der Waals surface area (Å²) in [5, 5.41) is 8.47. The highest BCUT2D eigenvalue weighted by Crippen LogP contribution is 2.28. The molecule has 36 heavy (non-hydrogen) atoms. The fraction of sp³-hybridized carbons (Fsp3) is 0.548. The number of unbranched alkanes of at least 4 members (excludes halogenated alkanes) is 5. The second-order valence-electron chi connectivity index (χ2n) is 10.7. The molecule has 0 bridgehead atoms. The highest BCUT2D eigenvalue weighted by Gasteiger charge is 2.22. The second kappa shape index (κ2) is 14.2. The number of aryl methyl sites for hydroxylation is 1. The smallest absolute Gasteiger partial charge is 0.225 e. The number of aromatic nitrogens is 2. The molecule has 0 atom stereocenters. The molecule has 5 heteroatoms. The summed E-state index contributed by atoms with van der Waals surface area (Å²) >= 11 is 0. The molecule has 0 spiro atoms. The Morgan fingerprint density at radius 3 is 2.25 bits per heavy atom. The molecule has 4 rings (SSSR count). The van der Waals surface area contributed by atoms with E-state index in [1.54, 1.807) is 0 Å². The van der Waals surface area contributed by atoms with Gasteiger partial charge in [-0.25, -0.2) is 4.98 Å². The topological polar surface area (TPSA) is 53.1 Å². The number of fused-ring (bicyclic) bond motifs is 1. The van der Waals surface area contributed by atoms with Crippen LogP contribution in [0.2, 0.25) is 0 Å². The lowest BCUT2D eigenvalue weighted by atomic mass is 9.86. The van der Waals surface area contributed by atoms with Crippen LogP contribution < -0.4 is 15.5 Å². The van der Waals surface area contributed by atoms with Gasteiger partial charge in [-0.15, -0.1) is 0 Å². The maximum Gasteiger partial charge on any atom is 0.225 e. The molecule has 5 nitrogen and oxygen atoms in total. The van der Waals surface area contributed by atoms with Gasteiger partial charge in [0.15, 0.2) is 0 Å². The third kappa shape index (κ3) is 8.19. The van der Waals surface area contributed by atoms with Crippen molar-refractivity contribution in [1.82, 2.24) is 15.3 Å². The summed E-state index contributed by atoms with van der Waals surface area (Å²) < 4.78 is 0. The van der Waals surface area contributed by atoms with Gasteiger partial charge in [0.05, 0.1) is 5.52 Å². The molecule has 0 amide bonds. The summed E-state index contributed by atoms with van der Waals surface area (Å²) in [5.41, 5.74) is 2.48. The number of hydrogen-bond donors (Lipinski definition) is 2. The van der Waals surface area contributed by atoms with Crippen molar-refractivity contribution >= 4 is 22.7 Å². The number of rotatable bonds is 14. The molecular formula is C31H45N5. The Morgan fingerprint density at radius 2 is 1.47 bits per heavy atom. The van der Waals surface area contributed by atoms with E-state index in [0.717, 1.165) is 28.6 Å². The van der Waals surface area contributed by atoms with Crippen molar-refractivity contribution in [2.75, 3.05) is 37.4 Å². The minimum absolute atomic E-state index is 0.472. The zero-order valence-corrected chi connectivity index (χ0v) is 22.4. The average Bonchev–Trinajstić information content (AvgIpc) is 2.90. The molecule has 1 fully saturated rings. The van der Waals surface area contributed by atoms with E-state index >= 15 is 0 Å². The molecule has 2 aromatic carbocycles. The van der Waals surface area contributed by atoms with Crippen LogP contribution in [0.1, 0.15) is 69.8 Å². The molecule has 1 aliphatic rings. The predicted molar refractivity (Wildman–Crippen MR) is 154 cm³/mol. The Morgan fingerprint density at radius 1 is 0.778 bits per heavy atom. The zero-order valence-electron chi connectivity index (χ0n) is 22.4. The molecule has 0 saturated heterocycles. The Kier molecular flexibility index (Phi) is 10.4. The lowest BCUT2D eigenvalue weighted by Gasteiger charge is -2.29. The third-order valence-corrected chi connectivity index (χ3v) is 7.53. The quantitative estimate of drug-likeness (QED) is 0.244. The monoisotopic (exact) mass is 487 g/mol. The van der Waals surface area contributed by atoms with Gasteiger partial charge in [-0.2, -0.15) is 4.98 Å². The first-order valence-corrected chi connectivity index (χ1v) is 14.1. The van der Waals surface area contributed by atoms with Gasteiger partial charge in [0.2, 0.25) is 5.95 Å². The molecule has 0 unspecified atom stereocenters. The molecular weight excluding hydrogens is 442 g/mol. The van der Waals surface area contributed by atoms with Crippen LogP contribution in [0.15, 0.2) is 54.6 Å². The predicted octanol–water partition coefficient (Wildman–Crippen LogP) is 6.84. The molecule has 1 aliphatic carbocycles. The fourth-order valence-corrected chi connectivity index (χ4v) is 5.40. The van der Waals surface area contributed by atoms with E-state index in [1.807, 2.05) is 20.2 Å². The Bertz CT molecular complexity index is 1030. The van der Waals surface area contributed by atoms with Gasteiger partial charge in [0, 0.05) is 25.5 Å². The summed E-state index contributed by atoms with van der Waals surface area (Å²) in [6.07, 6.45) is 14.3. The molecule has 1 heterocycles. The number of para-hydroxylation sites is 1. The van der Waals surface area contributed by atoms with Crippen LogP contribution in [0.5, 0.6) is 0 Å². The van der Waals surface area contributed by atoms with Gasteiger partial charge >= 0.3 is 0 Å². The zero-order chi connectivity index (χ0) is 25.0. The molecule has 1 saturated carbocycles. The Hall–Kier alpha value is -2.66. The number of benzene rings is 2. The van der Waals surface area contributed by atoms with Crippen LogP contribution in [0.4, 0.5) is 11.8 Å². The standard InChI is InChI=1S/C31H45N5/c1-36(2)30-28-17-11-12-18-29(28)34-31(35-30)33-27-21-19-26(20-22-27)24-32-23-13-6-4-3-5-8-14-25-15-9-7-10-16-25/h7,9-12,15-18,26-27,32H,3-6,8,13-14,19-24H2,1-2H3,(H,33,34,35). The van der Waals surface area contributed by atoms with Gasteiger partial charge in [-0.05, 0) is 81.6 Å². The van der Waals surface area contributed by atoms with E-state index in [1.165, 1.54) is 89.3 Å². The van der Waals surface area contributed by atoms with Crippen molar-refractivity contribution < 1.29 is 0 Å². The van der Waals surface area contributed by atoms with E-state index in [9.17, 15) is 0 Å². The van der Waals surface area contributed by atoms with E-state index in [0.29, 0.717) is 6.04 Å². The SMILES string of the molecule is CN(C)c1nc(NC2CCC(CNCCCCCCCCc3ccccc3)CC2)nc2ccccc12. The maximum atomic E-state index is 4.82. The molecule has 0 aliphatic heterocycles. The van der Waals surface area contributed by atoms with Gasteiger partial charge in [-0.3, -0.25) is 0 Å². The highest BCUT2D eigenvalue weighted by atomic mass is 15.2. The van der Waals surface area contributed by atoms with Crippen molar-refractivity contribution in [2.45, 2.75) is 76.7 Å². The number of anilines is 2. The fourth-order valence-electron chi connectivity index (χ4n) is 5.40. The summed E-state index contributed by atoms with van der Waals surface area (Å²) in [4.78, 5) is 11.7. The van der Waals surface area contributed by atoms with Crippen LogP contribution in [0.25, 0.3) is 10.9 Å². The van der Waals surface area contributed by atoms with Crippen molar-refractivity contribution in [3.63, 3.8) is 0 Å². The van der Waals surface area contributed by atoms with Crippen molar-refractivity contribution in [3.05, 3.63) is 60.2 Å². The van der Waals surface area contributed by atoms with Crippen molar-refractivity contribution in [1.29, 1.82) is 0 Å². The van der Waals surface area contributed by atoms with E-state index < -0.39 is 0 Å². The lowest BCUT2D eigenvalue weighted by Crippen LogP contribution is -2.32. The summed E-state index contributed by atoms with van der Waals surface area (Å²) in [7, 11) is 4.09. The second-order valence-corrected chi connectivity index (χ2v) is 10.7. The summed E-state index contributed by atoms with van der Waals surface area (Å²) in [6.45, 7) is 2.33. The highest BCUT2D eigenvalue weighted by molar-refractivity contribution is 5.90. The van der Waals surface area contributed by atoms with E-state index in [2.05, 4.69) is 64.1 Å². The summed E-state index contributed by atoms with van der Waals surface area (Å²) in [6, 6.07) is 19.6. The summed E-state index contributed by atoms with van der Waals surface area (Å²) in [5.74, 6) is 2.54. The van der Waals surface area contributed by atoms with Gasteiger partial charge in [0.1, 0.15) is 5.82 Å². The van der Waals surface area contributed by atoms with Crippen LogP contribution in [0, 0.1) is 5.92 Å². The number of nitrogens with one attached hydrogen (secondary N) is 2. The maximum absolute atomic E-state index is 4.82. The van der Waals surface area contributed by atoms with Crippen LogP contribution in [-0.4, -0.2) is 43.2 Å². The first kappa shape index (κ1) is 26.4. The van der Waals surface area contributed by atoms with Crippen LogP contribution in [0.3, 0.4) is 0 Å². The Balaban J connectivity index is 1.05. The van der Waals surface area contributed by atoms with Crippen molar-refractivity contribution in [2.24, 2.45) is 5.92 Å². The first-order valence-electron chi connectivity index (χ1n) is 14.1. The van der Waals surface area contributed by atoms with E-state index in [-0.39, 0.29) is 0 Å². The molecule has 2 N–H and O–H groups in total. The third-order valence-electron chi connectivity index (χ3n) is 7.53. The van der Waals surface area contributed by atoms with Gasteiger partial charge in [-0.1, -0.05) is 68.1 Å². The molecule has 1 aromatic heterocycles. The molecule has 0 radical (unpaired) electrons.